The molecule has 1 heterocycles. The number of hydrogen-bond acceptors (Lipinski definition) is 6. The molecule has 0 bridgehead atoms. The van der Waals surface area contributed by atoms with Crippen molar-refractivity contribution in [2.24, 2.45) is 0 Å². The molecule has 0 saturated carbocycles. The second kappa shape index (κ2) is 12.6. The maximum Gasteiger partial charge on any atom is 0.266 e. The van der Waals surface area contributed by atoms with E-state index in [1.165, 1.54) is 11.3 Å². The van der Waals surface area contributed by atoms with Gasteiger partial charge in [0.2, 0.25) is 0 Å². The maximum absolute atomic E-state index is 13.2. The molecule has 174 valence electrons. The molecule has 3 aromatic rings. The summed E-state index contributed by atoms with van der Waals surface area (Å²) in [6.45, 7) is 12.0. The normalized spacial score (nSPS) is 10.8. The lowest BCUT2D eigenvalue weighted by Gasteiger charge is -2.24. The molecule has 6 nitrogen and oxygen atoms in total. The summed E-state index contributed by atoms with van der Waals surface area (Å²) in [5.74, 6) is 1.32. The Bertz CT molecular complexity index is 990. The smallest absolute Gasteiger partial charge is 0.266 e. The van der Waals surface area contributed by atoms with E-state index in [-0.39, 0.29) is 24.9 Å². The van der Waals surface area contributed by atoms with Gasteiger partial charge in [-0.2, -0.15) is 0 Å². The number of benzene rings is 2. The number of para-hydroxylation sites is 1. The molecule has 2 aromatic carbocycles. The molecular weight excluding hydrogens is 446 g/mol. The first-order chi connectivity index (χ1) is 15.0. The highest BCUT2D eigenvalue weighted by molar-refractivity contribution is 7.22. The lowest BCUT2D eigenvalue weighted by atomic mass is 10.2. The fraction of sp³-hybridized carbons (Fsp3) is 0.417. The van der Waals surface area contributed by atoms with Gasteiger partial charge in [-0.15, -0.1) is 12.4 Å². The van der Waals surface area contributed by atoms with Crippen molar-refractivity contribution in [1.29, 1.82) is 0 Å². The van der Waals surface area contributed by atoms with Crippen LogP contribution in [0.15, 0.2) is 42.5 Å². The molecule has 0 saturated heterocycles. The van der Waals surface area contributed by atoms with Gasteiger partial charge in [0.05, 0.1) is 11.3 Å². The number of likely N-dealkylation sites (N-methyl/N-ethyl adjacent to an activating group) is 1. The van der Waals surface area contributed by atoms with Gasteiger partial charge in [0, 0.05) is 13.1 Å². The number of aryl methyl sites for hydroxylation is 1. The number of hydrogen-bond donors (Lipinski definition) is 0. The molecular formula is C24H32ClN3O3S. The number of carbonyl (C=O) groups excluding carboxylic acids is 1. The molecule has 32 heavy (non-hydrogen) atoms. The van der Waals surface area contributed by atoms with Crippen LogP contribution in [-0.2, 0) is 4.79 Å². The fourth-order valence-electron chi connectivity index (χ4n) is 3.26. The number of ether oxygens (including phenoxy) is 2. The number of thiazole rings is 1. The Labute approximate surface area is 200 Å². The van der Waals surface area contributed by atoms with Crippen LogP contribution < -0.4 is 14.4 Å². The van der Waals surface area contributed by atoms with Gasteiger partial charge in [-0.25, -0.2) is 4.98 Å². The van der Waals surface area contributed by atoms with Gasteiger partial charge in [-0.05, 0) is 51.2 Å². The minimum Gasteiger partial charge on any atom is -0.492 e. The van der Waals surface area contributed by atoms with Crippen LogP contribution >= 0.6 is 23.7 Å². The number of anilines is 1. The summed E-state index contributed by atoms with van der Waals surface area (Å²) < 4.78 is 12.5. The molecule has 3 rings (SSSR count). The van der Waals surface area contributed by atoms with Crippen molar-refractivity contribution in [2.45, 2.75) is 27.7 Å². The lowest BCUT2D eigenvalue weighted by Crippen LogP contribution is -2.41. The Hall–Kier alpha value is -2.35. The molecule has 1 amide bonds. The number of nitrogens with zero attached hydrogens (tertiary/aromatic N) is 3. The van der Waals surface area contributed by atoms with Gasteiger partial charge in [-0.3, -0.25) is 9.69 Å². The summed E-state index contributed by atoms with van der Waals surface area (Å²) in [7, 11) is 0. The predicted molar refractivity (Wildman–Crippen MR) is 135 cm³/mol. The van der Waals surface area contributed by atoms with Crippen LogP contribution in [-0.4, -0.2) is 55.2 Å². The van der Waals surface area contributed by atoms with Crippen LogP contribution in [0.5, 0.6) is 11.5 Å². The van der Waals surface area contributed by atoms with Crippen molar-refractivity contribution >= 4 is 45.0 Å². The average molecular weight is 478 g/mol. The summed E-state index contributed by atoms with van der Waals surface area (Å²) in [5.41, 5.74) is 1.95. The quantitative estimate of drug-likeness (QED) is 0.381. The Morgan fingerprint density at radius 1 is 1.00 bits per heavy atom. The summed E-state index contributed by atoms with van der Waals surface area (Å²) in [6, 6.07) is 13.6. The third-order valence-electron chi connectivity index (χ3n) is 5.12. The predicted octanol–water partition coefficient (Wildman–Crippen LogP) is 5.18. The number of halogens is 1. The molecule has 0 unspecified atom stereocenters. The summed E-state index contributed by atoms with van der Waals surface area (Å²) in [6.07, 6.45) is 0. The Morgan fingerprint density at radius 3 is 2.38 bits per heavy atom. The van der Waals surface area contributed by atoms with Crippen LogP contribution in [0.1, 0.15) is 26.3 Å². The van der Waals surface area contributed by atoms with Crippen molar-refractivity contribution in [2.75, 3.05) is 44.3 Å². The number of fused-ring (bicyclic) bond motifs is 1. The molecule has 0 radical (unpaired) electrons. The molecule has 8 heteroatoms. The Balaban J connectivity index is 0.00000363. The number of aromatic nitrogens is 1. The van der Waals surface area contributed by atoms with E-state index >= 15 is 0 Å². The van der Waals surface area contributed by atoms with Gasteiger partial charge < -0.3 is 14.4 Å². The van der Waals surface area contributed by atoms with Crippen LogP contribution in [0, 0.1) is 6.92 Å². The zero-order valence-corrected chi connectivity index (χ0v) is 20.8. The van der Waals surface area contributed by atoms with E-state index in [2.05, 4.69) is 18.7 Å². The molecule has 0 fully saturated rings. The summed E-state index contributed by atoms with van der Waals surface area (Å²) >= 11 is 1.50. The SMILES string of the molecule is CCOc1cccc2sc(N(CCN(CC)CC)C(=O)COc3ccc(C)cc3)nc12.Cl. The molecule has 1 aromatic heterocycles. The highest BCUT2D eigenvalue weighted by atomic mass is 35.5. The number of rotatable bonds is 11. The zero-order chi connectivity index (χ0) is 22.2. The van der Waals surface area contributed by atoms with Crippen LogP contribution in [0.25, 0.3) is 10.2 Å². The topological polar surface area (TPSA) is 54.9 Å². The average Bonchev–Trinajstić information content (AvgIpc) is 3.21. The standard InChI is InChI=1S/C24H31N3O3S.ClH/c1-5-26(6-2)15-16-27(22(28)17-30-19-13-11-18(4)12-14-19)24-25-23-20(29-7-3)9-8-10-21(23)31-24;/h8-14H,5-7,15-17H2,1-4H3;1H. The van der Waals surface area contributed by atoms with Gasteiger partial charge in [-0.1, -0.05) is 48.9 Å². The molecule has 0 aliphatic carbocycles. The van der Waals surface area contributed by atoms with E-state index in [4.69, 9.17) is 14.5 Å². The summed E-state index contributed by atoms with van der Waals surface area (Å²) in [5, 5.41) is 0.673. The van der Waals surface area contributed by atoms with E-state index in [9.17, 15) is 4.79 Å². The molecule has 0 spiro atoms. The van der Waals surface area contributed by atoms with Crippen molar-refractivity contribution < 1.29 is 14.3 Å². The van der Waals surface area contributed by atoms with Crippen molar-refractivity contribution in [3.05, 3.63) is 48.0 Å². The molecule has 0 atom stereocenters. The van der Waals surface area contributed by atoms with Crippen LogP contribution in [0.4, 0.5) is 5.13 Å². The van der Waals surface area contributed by atoms with Gasteiger partial charge >= 0.3 is 0 Å². The Kier molecular flexibility index (Phi) is 10.2. The third-order valence-corrected chi connectivity index (χ3v) is 6.16. The van der Waals surface area contributed by atoms with Gasteiger partial charge in [0.1, 0.15) is 17.0 Å². The maximum atomic E-state index is 13.2. The van der Waals surface area contributed by atoms with E-state index in [0.717, 1.165) is 41.2 Å². The van der Waals surface area contributed by atoms with E-state index < -0.39 is 0 Å². The van der Waals surface area contributed by atoms with E-state index in [0.29, 0.717) is 24.0 Å². The fourth-order valence-corrected chi connectivity index (χ4v) is 4.29. The second-order valence-electron chi connectivity index (χ2n) is 7.21. The number of carbonyl (C=O) groups is 1. The summed E-state index contributed by atoms with van der Waals surface area (Å²) in [4.78, 5) is 22.0. The first kappa shape index (κ1) is 25.9. The lowest BCUT2D eigenvalue weighted by molar-refractivity contribution is -0.120. The van der Waals surface area contributed by atoms with Crippen molar-refractivity contribution in [1.82, 2.24) is 9.88 Å². The minimum absolute atomic E-state index is 0. The highest BCUT2D eigenvalue weighted by Gasteiger charge is 2.22. The Morgan fingerprint density at radius 2 is 1.72 bits per heavy atom. The first-order valence-electron chi connectivity index (χ1n) is 10.8. The second-order valence-corrected chi connectivity index (χ2v) is 8.22. The monoisotopic (exact) mass is 477 g/mol. The van der Waals surface area contributed by atoms with Crippen LogP contribution in [0.3, 0.4) is 0 Å². The highest BCUT2D eigenvalue weighted by Crippen LogP contribution is 2.34. The van der Waals surface area contributed by atoms with Gasteiger partial charge in [0.15, 0.2) is 11.7 Å². The third kappa shape index (κ3) is 6.58. The van der Waals surface area contributed by atoms with E-state index in [1.807, 2.05) is 56.3 Å². The number of amides is 1. The molecule has 0 aliphatic heterocycles. The van der Waals surface area contributed by atoms with Crippen molar-refractivity contribution in [3.63, 3.8) is 0 Å². The van der Waals surface area contributed by atoms with Crippen LogP contribution in [0.2, 0.25) is 0 Å². The largest absolute Gasteiger partial charge is 0.492 e. The van der Waals surface area contributed by atoms with E-state index in [1.54, 1.807) is 4.90 Å². The minimum atomic E-state index is -0.107. The molecule has 0 aliphatic rings. The first-order valence-corrected chi connectivity index (χ1v) is 11.6. The molecule has 0 N–H and O–H groups in total. The zero-order valence-electron chi connectivity index (χ0n) is 19.2. The van der Waals surface area contributed by atoms with Gasteiger partial charge in [0.25, 0.3) is 5.91 Å². The van der Waals surface area contributed by atoms with Crippen molar-refractivity contribution in [3.8, 4) is 11.5 Å².